The van der Waals surface area contributed by atoms with Gasteiger partial charge in [-0.3, -0.25) is 9.10 Å². The number of nitrogens with zero attached hydrogens (tertiary/aromatic N) is 2. The Morgan fingerprint density at radius 3 is 2.42 bits per heavy atom. The molecule has 0 saturated carbocycles. The maximum Gasteiger partial charge on any atom is 0.338 e. The molecule has 2 aromatic carbocycles. The van der Waals surface area contributed by atoms with E-state index < -0.39 is 28.5 Å². The Hall–Kier alpha value is -3.68. The third-order valence-electron chi connectivity index (χ3n) is 4.24. The molecule has 0 aliphatic heterocycles. The number of ether oxygens (including phenoxy) is 1. The monoisotopic (exact) mass is 455 g/mol. The van der Waals surface area contributed by atoms with Crippen LogP contribution in [0.5, 0.6) is 0 Å². The fourth-order valence-electron chi connectivity index (χ4n) is 2.57. The second kappa shape index (κ2) is 9.42. The molecule has 3 rings (SSSR count). The standard InChI is InChI=1S/C21H17N3O5S2/c1-24(17-5-3-2-4-6-17)31(27,28)18-9-7-15(8-10-18)21(26)29-14-19(25)23-20-16(13-22)11-12-30-20/h2-12H,14H2,1H3,(H,23,25). The summed E-state index contributed by atoms with van der Waals surface area (Å²) in [5.74, 6) is -1.36. The third-order valence-corrected chi connectivity index (χ3v) is 6.87. The van der Waals surface area contributed by atoms with E-state index in [4.69, 9.17) is 10.00 Å². The van der Waals surface area contributed by atoms with Gasteiger partial charge < -0.3 is 10.1 Å². The number of hydrogen-bond donors (Lipinski definition) is 1. The van der Waals surface area contributed by atoms with Gasteiger partial charge in [0.2, 0.25) is 0 Å². The van der Waals surface area contributed by atoms with Crippen molar-refractivity contribution in [1.29, 1.82) is 5.26 Å². The first-order valence-electron chi connectivity index (χ1n) is 8.91. The van der Waals surface area contributed by atoms with E-state index in [2.05, 4.69) is 5.32 Å². The molecule has 0 atom stereocenters. The minimum atomic E-state index is -3.80. The van der Waals surface area contributed by atoms with Crippen LogP contribution < -0.4 is 9.62 Å². The minimum Gasteiger partial charge on any atom is -0.452 e. The summed E-state index contributed by atoms with van der Waals surface area (Å²) in [4.78, 5) is 24.1. The summed E-state index contributed by atoms with van der Waals surface area (Å²) in [6.45, 7) is -0.543. The van der Waals surface area contributed by atoms with E-state index in [1.54, 1.807) is 41.8 Å². The van der Waals surface area contributed by atoms with Crippen LogP contribution in [-0.4, -0.2) is 33.9 Å². The van der Waals surface area contributed by atoms with Crippen molar-refractivity contribution in [2.24, 2.45) is 0 Å². The van der Waals surface area contributed by atoms with E-state index in [-0.39, 0.29) is 10.5 Å². The number of esters is 1. The van der Waals surface area contributed by atoms with E-state index in [0.29, 0.717) is 16.3 Å². The van der Waals surface area contributed by atoms with Crippen LogP contribution in [0.1, 0.15) is 15.9 Å². The average molecular weight is 456 g/mol. The molecule has 1 amide bonds. The van der Waals surface area contributed by atoms with Crippen molar-refractivity contribution in [3.63, 3.8) is 0 Å². The van der Waals surface area contributed by atoms with Crippen LogP contribution in [0, 0.1) is 11.3 Å². The zero-order valence-corrected chi connectivity index (χ0v) is 17.9. The molecule has 1 heterocycles. The lowest BCUT2D eigenvalue weighted by atomic mass is 10.2. The van der Waals surface area contributed by atoms with Crippen LogP contribution in [0.15, 0.2) is 70.9 Å². The number of sulfonamides is 1. The molecular formula is C21H17N3O5S2. The Labute approximate surface area is 183 Å². The number of nitriles is 1. The van der Waals surface area contributed by atoms with Gasteiger partial charge in [0.05, 0.1) is 21.7 Å². The third kappa shape index (κ3) is 5.09. The Balaban J connectivity index is 1.62. The minimum absolute atomic E-state index is 0.00914. The highest BCUT2D eigenvalue weighted by molar-refractivity contribution is 7.92. The Kier molecular flexibility index (Phi) is 6.69. The lowest BCUT2D eigenvalue weighted by Gasteiger charge is -2.19. The van der Waals surface area contributed by atoms with Crippen LogP contribution in [0.25, 0.3) is 0 Å². The van der Waals surface area contributed by atoms with E-state index in [1.807, 2.05) is 6.07 Å². The highest BCUT2D eigenvalue weighted by Crippen LogP contribution is 2.23. The largest absolute Gasteiger partial charge is 0.452 e. The zero-order chi connectivity index (χ0) is 22.4. The smallest absolute Gasteiger partial charge is 0.338 e. The highest BCUT2D eigenvalue weighted by Gasteiger charge is 2.22. The predicted octanol–water partition coefficient (Wildman–Crippen LogP) is 3.24. The lowest BCUT2D eigenvalue weighted by Crippen LogP contribution is -2.26. The highest BCUT2D eigenvalue weighted by atomic mass is 32.2. The van der Waals surface area contributed by atoms with Crippen molar-refractivity contribution in [3.8, 4) is 6.07 Å². The molecule has 0 bridgehead atoms. The number of benzene rings is 2. The summed E-state index contributed by atoms with van der Waals surface area (Å²) >= 11 is 1.18. The normalized spacial score (nSPS) is 10.7. The first-order chi connectivity index (χ1) is 14.8. The van der Waals surface area contributed by atoms with Crippen LogP contribution in [0.3, 0.4) is 0 Å². The summed E-state index contributed by atoms with van der Waals surface area (Å²) in [6.07, 6.45) is 0. The molecule has 3 aromatic rings. The molecule has 0 unspecified atom stereocenters. The first kappa shape index (κ1) is 22.0. The van der Waals surface area contributed by atoms with Crippen LogP contribution in [0.4, 0.5) is 10.7 Å². The number of hydrogen-bond acceptors (Lipinski definition) is 7. The summed E-state index contributed by atoms with van der Waals surface area (Å²) in [5.41, 5.74) is 0.923. The number of thiophene rings is 1. The fraction of sp³-hybridized carbons (Fsp3) is 0.0952. The summed E-state index contributed by atoms with van der Waals surface area (Å²) in [5, 5.41) is 13.5. The number of rotatable bonds is 7. The Morgan fingerprint density at radius 1 is 1.10 bits per heavy atom. The van der Waals surface area contributed by atoms with Gasteiger partial charge in [-0.1, -0.05) is 18.2 Å². The number of amides is 1. The number of carbonyl (C=O) groups is 2. The summed E-state index contributed by atoms with van der Waals surface area (Å²) < 4.78 is 31.6. The van der Waals surface area contributed by atoms with Gasteiger partial charge in [0.25, 0.3) is 15.9 Å². The van der Waals surface area contributed by atoms with E-state index >= 15 is 0 Å². The number of anilines is 2. The Morgan fingerprint density at radius 2 is 1.77 bits per heavy atom. The summed E-state index contributed by atoms with van der Waals surface area (Å²) in [7, 11) is -2.36. The average Bonchev–Trinajstić information content (AvgIpc) is 3.24. The van der Waals surface area contributed by atoms with Gasteiger partial charge in [-0.2, -0.15) is 5.26 Å². The van der Waals surface area contributed by atoms with Crippen molar-refractivity contribution >= 4 is 43.9 Å². The maximum atomic E-state index is 12.8. The lowest BCUT2D eigenvalue weighted by molar-refractivity contribution is -0.119. The number of carbonyl (C=O) groups excluding carboxylic acids is 2. The molecular weight excluding hydrogens is 438 g/mol. The van der Waals surface area contributed by atoms with E-state index in [0.717, 1.165) is 4.31 Å². The van der Waals surface area contributed by atoms with Gasteiger partial charge in [-0.05, 0) is 47.8 Å². The van der Waals surface area contributed by atoms with Gasteiger partial charge in [-0.15, -0.1) is 11.3 Å². The molecule has 1 N–H and O–H groups in total. The second-order valence-corrected chi connectivity index (χ2v) is 9.12. The van der Waals surface area contributed by atoms with Crippen molar-refractivity contribution in [2.45, 2.75) is 4.90 Å². The fourth-order valence-corrected chi connectivity index (χ4v) is 4.52. The predicted molar refractivity (Wildman–Crippen MR) is 116 cm³/mol. The van der Waals surface area contributed by atoms with Crippen LogP contribution in [-0.2, 0) is 19.6 Å². The molecule has 0 aliphatic rings. The zero-order valence-electron chi connectivity index (χ0n) is 16.3. The van der Waals surface area contributed by atoms with Crippen molar-refractivity contribution in [3.05, 3.63) is 77.2 Å². The van der Waals surface area contributed by atoms with Crippen molar-refractivity contribution in [2.75, 3.05) is 23.3 Å². The van der Waals surface area contributed by atoms with Crippen molar-refractivity contribution < 1.29 is 22.7 Å². The van der Waals surface area contributed by atoms with E-state index in [1.165, 1.54) is 42.6 Å². The van der Waals surface area contributed by atoms with Gasteiger partial charge in [0.1, 0.15) is 11.1 Å². The molecule has 158 valence electrons. The molecule has 0 spiro atoms. The number of para-hydroxylation sites is 1. The second-order valence-electron chi connectivity index (χ2n) is 6.23. The molecule has 0 radical (unpaired) electrons. The molecule has 31 heavy (non-hydrogen) atoms. The Bertz CT molecular complexity index is 1230. The van der Waals surface area contributed by atoms with E-state index in [9.17, 15) is 18.0 Å². The SMILES string of the molecule is CN(c1ccccc1)S(=O)(=O)c1ccc(C(=O)OCC(=O)Nc2sccc2C#N)cc1. The quantitative estimate of drug-likeness (QED) is 0.547. The van der Waals surface area contributed by atoms with Crippen LogP contribution in [0.2, 0.25) is 0 Å². The number of nitrogens with one attached hydrogen (secondary N) is 1. The molecule has 10 heteroatoms. The van der Waals surface area contributed by atoms with Crippen LogP contribution >= 0.6 is 11.3 Å². The molecule has 1 aromatic heterocycles. The van der Waals surface area contributed by atoms with Gasteiger partial charge in [0.15, 0.2) is 6.61 Å². The van der Waals surface area contributed by atoms with Gasteiger partial charge in [-0.25, -0.2) is 13.2 Å². The summed E-state index contributed by atoms with van der Waals surface area (Å²) in [6, 6.07) is 17.3. The maximum absolute atomic E-state index is 12.8. The topological polar surface area (TPSA) is 117 Å². The van der Waals surface area contributed by atoms with Crippen molar-refractivity contribution in [1.82, 2.24) is 0 Å². The van der Waals surface area contributed by atoms with Gasteiger partial charge in [0, 0.05) is 7.05 Å². The first-order valence-corrected chi connectivity index (χ1v) is 11.2. The molecule has 0 fully saturated rings. The molecule has 0 aliphatic carbocycles. The molecule has 0 saturated heterocycles. The molecule has 8 nitrogen and oxygen atoms in total. The van der Waals surface area contributed by atoms with Gasteiger partial charge >= 0.3 is 5.97 Å².